The summed E-state index contributed by atoms with van der Waals surface area (Å²) in [7, 11) is 0. The summed E-state index contributed by atoms with van der Waals surface area (Å²) < 4.78 is 5.39. The SMILES string of the molecule is NC(=O)C1CCN(C(=O)NCOc2ccc(Cl)cc2)CC1. The van der Waals surface area contributed by atoms with Crippen molar-refractivity contribution in [2.75, 3.05) is 19.8 Å². The van der Waals surface area contributed by atoms with E-state index < -0.39 is 0 Å². The first-order valence-corrected chi connectivity index (χ1v) is 7.14. The molecule has 6 nitrogen and oxygen atoms in total. The molecule has 0 unspecified atom stereocenters. The monoisotopic (exact) mass is 311 g/mol. The van der Waals surface area contributed by atoms with Crippen LogP contribution in [0.1, 0.15) is 12.8 Å². The number of halogens is 1. The second kappa shape index (κ2) is 7.17. The Balaban J connectivity index is 1.70. The van der Waals surface area contributed by atoms with Gasteiger partial charge in [0.1, 0.15) is 5.75 Å². The number of nitrogens with one attached hydrogen (secondary N) is 1. The third kappa shape index (κ3) is 4.53. The summed E-state index contributed by atoms with van der Waals surface area (Å²) in [6, 6.07) is 6.69. The zero-order chi connectivity index (χ0) is 15.2. The second-order valence-electron chi connectivity index (χ2n) is 4.89. The lowest BCUT2D eigenvalue weighted by Gasteiger charge is -2.30. The van der Waals surface area contributed by atoms with Gasteiger partial charge in [0.15, 0.2) is 6.73 Å². The summed E-state index contributed by atoms with van der Waals surface area (Å²) in [5, 5.41) is 3.30. The summed E-state index contributed by atoms with van der Waals surface area (Å²) in [4.78, 5) is 24.6. The number of hydrogen-bond donors (Lipinski definition) is 2. The second-order valence-corrected chi connectivity index (χ2v) is 5.32. The van der Waals surface area contributed by atoms with Crippen molar-refractivity contribution < 1.29 is 14.3 Å². The number of nitrogens with zero attached hydrogens (tertiary/aromatic N) is 1. The van der Waals surface area contributed by atoms with E-state index in [-0.39, 0.29) is 24.6 Å². The smallest absolute Gasteiger partial charge is 0.320 e. The average molecular weight is 312 g/mol. The van der Waals surface area contributed by atoms with Crippen LogP contribution >= 0.6 is 11.6 Å². The van der Waals surface area contributed by atoms with Crippen molar-refractivity contribution in [3.8, 4) is 5.75 Å². The van der Waals surface area contributed by atoms with E-state index in [1.807, 2.05) is 0 Å². The van der Waals surface area contributed by atoms with E-state index in [1.165, 1.54) is 0 Å². The fourth-order valence-electron chi connectivity index (χ4n) is 2.19. The quantitative estimate of drug-likeness (QED) is 0.828. The van der Waals surface area contributed by atoms with Crippen molar-refractivity contribution in [1.29, 1.82) is 0 Å². The third-order valence-corrected chi connectivity index (χ3v) is 3.71. The first-order valence-electron chi connectivity index (χ1n) is 6.76. The number of nitrogens with two attached hydrogens (primary N) is 1. The van der Waals surface area contributed by atoms with Gasteiger partial charge in [-0.2, -0.15) is 0 Å². The summed E-state index contributed by atoms with van der Waals surface area (Å²) in [5.74, 6) is 0.215. The van der Waals surface area contributed by atoms with Gasteiger partial charge in [-0.1, -0.05) is 11.6 Å². The number of carbonyl (C=O) groups is 2. The van der Waals surface area contributed by atoms with Crippen LogP contribution in [0.15, 0.2) is 24.3 Å². The number of primary amides is 1. The van der Waals surface area contributed by atoms with Crippen molar-refractivity contribution in [3.05, 3.63) is 29.3 Å². The molecule has 0 spiro atoms. The topological polar surface area (TPSA) is 84.7 Å². The van der Waals surface area contributed by atoms with Crippen LogP contribution in [0.3, 0.4) is 0 Å². The molecule has 21 heavy (non-hydrogen) atoms. The Kier molecular flexibility index (Phi) is 5.27. The lowest BCUT2D eigenvalue weighted by Crippen LogP contribution is -2.47. The Labute approximate surface area is 128 Å². The first-order chi connectivity index (χ1) is 10.1. The number of likely N-dealkylation sites (tertiary alicyclic amines) is 1. The fraction of sp³-hybridized carbons (Fsp3) is 0.429. The molecule has 1 aromatic carbocycles. The number of urea groups is 1. The minimum Gasteiger partial charge on any atom is -0.473 e. The molecule has 3 amide bonds. The summed E-state index contributed by atoms with van der Waals surface area (Å²) >= 11 is 5.77. The zero-order valence-corrected chi connectivity index (χ0v) is 12.3. The first kappa shape index (κ1) is 15.4. The van der Waals surface area contributed by atoms with Gasteiger partial charge < -0.3 is 20.7 Å². The molecular weight excluding hydrogens is 294 g/mol. The molecular formula is C14H18ClN3O3. The molecule has 114 valence electrons. The minimum atomic E-state index is -0.291. The van der Waals surface area contributed by atoms with E-state index in [9.17, 15) is 9.59 Å². The normalized spacial score (nSPS) is 15.6. The Morgan fingerprint density at radius 2 is 1.90 bits per heavy atom. The summed E-state index contributed by atoms with van der Waals surface area (Å²) in [6.07, 6.45) is 1.22. The van der Waals surface area contributed by atoms with Crippen LogP contribution < -0.4 is 15.8 Å². The number of piperidine rings is 1. The predicted octanol–water partition coefficient (Wildman–Crippen LogP) is 1.58. The molecule has 7 heteroatoms. The molecule has 2 rings (SSSR count). The number of benzene rings is 1. The van der Waals surface area contributed by atoms with Crippen LogP contribution in [0.5, 0.6) is 5.75 Å². The minimum absolute atomic E-state index is 0.0796. The molecule has 1 aliphatic rings. The van der Waals surface area contributed by atoms with Gasteiger partial charge in [-0.05, 0) is 37.1 Å². The van der Waals surface area contributed by atoms with Crippen molar-refractivity contribution in [1.82, 2.24) is 10.2 Å². The highest BCUT2D eigenvalue weighted by molar-refractivity contribution is 6.30. The maximum atomic E-state index is 11.9. The van der Waals surface area contributed by atoms with Crippen LogP contribution in [-0.4, -0.2) is 36.7 Å². The molecule has 1 aliphatic heterocycles. The summed E-state index contributed by atoms with van der Waals surface area (Å²) in [5.41, 5.74) is 5.26. The highest BCUT2D eigenvalue weighted by Gasteiger charge is 2.25. The third-order valence-electron chi connectivity index (χ3n) is 3.46. The molecule has 0 aliphatic carbocycles. The van der Waals surface area contributed by atoms with Crippen molar-refractivity contribution >= 4 is 23.5 Å². The standard InChI is InChI=1S/C14H18ClN3O3/c15-11-1-3-12(4-2-11)21-9-17-14(20)18-7-5-10(6-8-18)13(16)19/h1-4,10H,5-9H2,(H2,16,19)(H,17,20). The van der Waals surface area contributed by atoms with E-state index in [0.717, 1.165) is 0 Å². The van der Waals surface area contributed by atoms with E-state index in [1.54, 1.807) is 29.2 Å². The van der Waals surface area contributed by atoms with Gasteiger partial charge in [0.25, 0.3) is 0 Å². The molecule has 1 heterocycles. The lowest BCUT2D eigenvalue weighted by atomic mass is 9.97. The largest absolute Gasteiger partial charge is 0.473 e. The van der Waals surface area contributed by atoms with Gasteiger partial charge in [-0.25, -0.2) is 4.79 Å². The Hall–Kier alpha value is -1.95. The Bertz CT molecular complexity index is 499. The maximum absolute atomic E-state index is 11.9. The molecule has 0 radical (unpaired) electrons. The molecule has 0 aromatic heterocycles. The zero-order valence-electron chi connectivity index (χ0n) is 11.5. The van der Waals surface area contributed by atoms with Gasteiger partial charge in [0.05, 0.1) is 0 Å². The number of rotatable bonds is 4. The average Bonchev–Trinajstić information content (AvgIpc) is 2.49. The molecule has 1 aromatic rings. The van der Waals surface area contributed by atoms with Gasteiger partial charge >= 0.3 is 6.03 Å². The van der Waals surface area contributed by atoms with Crippen molar-refractivity contribution in [2.45, 2.75) is 12.8 Å². The van der Waals surface area contributed by atoms with Gasteiger partial charge in [0.2, 0.25) is 5.91 Å². The number of hydrogen-bond acceptors (Lipinski definition) is 3. The maximum Gasteiger partial charge on any atom is 0.320 e. The Morgan fingerprint density at radius 3 is 2.48 bits per heavy atom. The van der Waals surface area contributed by atoms with E-state index >= 15 is 0 Å². The summed E-state index contributed by atoms with van der Waals surface area (Å²) in [6.45, 7) is 1.14. The highest BCUT2D eigenvalue weighted by Crippen LogP contribution is 2.17. The molecule has 1 saturated heterocycles. The van der Waals surface area contributed by atoms with E-state index in [4.69, 9.17) is 22.1 Å². The van der Waals surface area contributed by atoms with Crippen molar-refractivity contribution in [2.24, 2.45) is 11.7 Å². The predicted molar refractivity (Wildman–Crippen MR) is 79.0 cm³/mol. The van der Waals surface area contributed by atoms with E-state index in [2.05, 4.69) is 5.32 Å². The highest BCUT2D eigenvalue weighted by atomic mass is 35.5. The number of amides is 3. The van der Waals surface area contributed by atoms with Crippen molar-refractivity contribution in [3.63, 3.8) is 0 Å². The molecule has 0 atom stereocenters. The number of ether oxygens (including phenoxy) is 1. The van der Waals surface area contributed by atoms with E-state index in [0.29, 0.717) is 36.7 Å². The molecule has 0 saturated carbocycles. The molecule has 0 bridgehead atoms. The molecule has 1 fully saturated rings. The van der Waals surface area contributed by atoms with Gasteiger partial charge in [-0.3, -0.25) is 4.79 Å². The molecule has 3 N–H and O–H groups in total. The Morgan fingerprint density at radius 1 is 1.29 bits per heavy atom. The van der Waals surface area contributed by atoms with Crippen LogP contribution in [0.2, 0.25) is 5.02 Å². The van der Waals surface area contributed by atoms with Crippen LogP contribution in [0.4, 0.5) is 4.79 Å². The van der Waals surface area contributed by atoms with Gasteiger partial charge in [-0.15, -0.1) is 0 Å². The van der Waals surface area contributed by atoms with Crippen LogP contribution in [-0.2, 0) is 4.79 Å². The fourth-order valence-corrected chi connectivity index (χ4v) is 2.32. The lowest BCUT2D eigenvalue weighted by molar-refractivity contribution is -0.123. The number of carbonyl (C=O) groups excluding carboxylic acids is 2. The van der Waals surface area contributed by atoms with Gasteiger partial charge in [0, 0.05) is 24.0 Å². The van der Waals surface area contributed by atoms with Crippen LogP contribution in [0.25, 0.3) is 0 Å². The van der Waals surface area contributed by atoms with Crippen LogP contribution in [0, 0.1) is 5.92 Å².